The van der Waals surface area contributed by atoms with E-state index in [0.29, 0.717) is 18.7 Å². The van der Waals surface area contributed by atoms with Crippen LogP contribution in [0.2, 0.25) is 0 Å². The van der Waals surface area contributed by atoms with Gasteiger partial charge in [0.05, 0.1) is 13.7 Å². The Kier molecular flexibility index (Phi) is 6.03. The van der Waals surface area contributed by atoms with Gasteiger partial charge in [-0.25, -0.2) is 0 Å². The molecule has 0 heterocycles. The van der Waals surface area contributed by atoms with Crippen LogP contribution in [0.1, 0.15) is 28.4 Å². The van der Waals surface area contributed by atoms with Crippen LogP contribution in [0.4, 0.5) is 0 Å². The molecule has 0 aliphatic rings. The lowest BCUT2D eigenvalue weighted by atomic mass is 10.1. The number of aryl methyl sites for hydroxylation is 1. The number of hydrogen-bond donors (Lipinski definition) is 1. The van der Waals surface area contributed by atoms with Gasteiger partial charge >= 0.3 is 0 Å². The fourth-order valence-electron chi connectivity index (χ4n) is 2.38. The molecule has 0 atom stereocenters. The number of rotatable bonds is 7. The molecule has 1 amide bonds. The molecule has 0 saturated carbocycles. The fourth-order valence-corrected chi connectivity index (χ4v) is 2.38. The van der Waals surface area contributed by atoms with Crippen molar-refractivity contribution in [3.05, 3.63) is 59.2 Å². The summed E-state index contributed by atoms with van der Waals surface area (Å²) in [5.74, 6) is 1.54. The third kappa shape index (κ3) is 4.74. The van der Waals surface area contributed by atoms with E-state index < -0.39 is 0 Å². The molecule has 0 unspecified atom stereocenters. The van der Waals surface area contributed by atoms with Gasteiger partial charge in [0.25, 0.3) is 5.91 Å². The SMILES string of the molecule is CCOc1ccc(C(=O)NCCc2cc(C)ccc2OC)cc1. The zero-order valence-corrected chi connectivity index (χ0v) is 13.9. The van der Waals surface area contributed by atoms with Gasteiger partial charge in [-0.3, -0.25) is 4.79 Å². The summed E-state index contributed by atoms with van der Waals surface area (Å²) in [6.07, 6.45) is 0.730. The first-order chi connectivity index (χ1) is 11.1. The molecule has 1 N–H and O–H groups in total. The maximum absolute atomic E-state index is 12.1. The van der Waals surface area contributed by atoms with Crippen LogP contribution in [0.3, 0.4) is 0 Å². The van der Waals surface area contributed by atoms with Gasteiger partial charge in [-0.15, -0.1) is 0 Å². The van der Waals surface area contributed by atoms with Crippen molar-refractivity contribution < 1.29 is 14.3 Å². The van der Waals surface area contributed by atoms with Crippen LogP contribution in [0.25, 0.3) is 0 Å². The summed E-state index contributed by atoms with van der Waals surface area (Å²) in [7, 11) is 1.66. The zero-order chi connectivity index (χ0) is 16.7. The second-order valence-corrected chi connectivity index (χ2v) is 5.28. The van der Waals surface area contributed by atoms with Crippen molar-refractivity contribution >= 4 is 5.91 Å². The molecule has 2 aromatic carbocycles. The molecule has 0 bridgehead atoms. The number of carbonyl (C=O) groups is 1. The molecule has 122 valence electrons. The topological polar surface area (TPSA) is 47.6 Å². The lowest BCUT2D eigenvalue weighted by molar-refractivity contribution is 0.0954. The minimum Gasteiger partial charge on any atom is -0.496 e. The average Bonchev–Trinajstić information content (AvgIpc) is 2.56. The Bertz CT molecular complexity index is 650. The third-order valence-electron chi connectivity index (χ3n) is 3.54. The van der Waals surface area contributed by atoms with Crippen LogP contribution in [0.5, 0.6) is 11.5 Å². The number of hydrogen-bond acceptors (Lipinski definition) is 3. The highest BCUT2D eigenvalue weighted by atomic mass is 16.5. The van der Waals surface area contributed by atoms with Gasteiger partial charge in [0, 0.05) is 12.1 Å². The highest BCUT2D eigenvalue weighted by Crippen LogP contribution is 2.19. The van der Waals surface area contributed by atoms with Crippen molar-refractivity contribution in [3.63, 3.8) is 0 Å². The maximum atomic E-state index is 12.1. The van der Waals surface area contributed by atoms with Crippen molar-refractivity contribution in [2.45, 2.75) is 20.3 Å². The second kappa shape index (κ2) is 8.22. The molecular weight excluding hydrogens is 290 g/mol. The number of benzene rings is 2. The number of carbonyl (C=O) groups excluding carboxylic acids is 1. The summed E-state index contributed by atoms with van der Waals surface area (Å²) < 4.78 is 10.7. The molecule has 4 nitrogen and oxygen atoms in total. The van der Waals surface area contributed by atoms with Crippen LogP contribution in [-0.2, 0) is 6.42 Å². The summed E-state index contributed by atoms with van der Waals surface area (Å²) in [6.45, 7) is 5.15. The fraction of sp³-hybridized carbons (Fsp3) is 0.316. The van der Waals surface area contributed by atoms with Crippen LogP contribution >= 0.6 is 0 Å². The summed E-state index contributed by atoms with van der Waals surface area (Å²) in [5.41, 5.74) is 2.91. The minimum atomic E-state index is -0.0836. The number of nitrogens with one attached hydrogen (secondary N) is 1. The quantitative estimate of drug-likeness (QED) is 0.852. The summed E-state index contributed by atoms with van der Waals surface area (Å²) >= 11 is 0. The van der Waals surface area contributed by atoms with Gasteiger partial charge in [0.15, 0.2) is 0 Å². The lowest BCUT2D eigenvalue weighted by Gasteiger charge is -2.10. The summed E-state index contributed by atoms with van der Waals surface area (Å²) in [4.78, 5) is 12.1. The van der Waals surface area contributed by atoms with E-state index in [1.54, 1.807) is 19.2 Å². The Labute approximate surface area is 137 Å². The van der Waals surface area contributed by atoms with Crippen LogP contribution in [-0.4, -0.2) is 26.2 Å². The predicted octanol–water partition coefficient (Wildman–Crippen LogP) is 3.37. The Balaban J connectivity index is 1.90. The molecule has 0 spiro atoms. The minimum absolute atomic E-state index is 0.0836. The van der Waals surface area contributed by atoms with E-state index in [1.165, 1.54) is 5.56 Å². The van der Waals surface area contributed by atoms with E-state index in [1.807, 2.05) is 38.1 Å². The zero-order valence-electron chi connectivity index (χ0n) is 13.9. The molecule has 0 saturated heterocycles. The van der Waals surface area contributed by atoms with Gasteiger partial charge in [-0.1, -0.05) is 17.7 Å². The summed E-state index contributed by atoms with van der Waals surface area (Å²) in [5, 5.41) is 2.93. The molecule has 0 radical (unpaired) electrons. The summed E-state index contributed by atoms with van der Waals surface area (Å²) in [6, 6.07) is 13.2. The van der Waals surface area contributed by atoms with Gasteiger partial charge in [-0.2, -0.15) is 0 Å². The van der Waals surface area contributed by atoms with Crippen LogP contribution < -0.4 is 14.8 Å². The van der Waals surface area contributed by atoms with E-state index in [0.717, 1.165) is 23.5 Å². The highest BCUT2D eigenvalue weighted by molar-refractivity contribution is 5.94. The normalized spacial score (nSPS) is 10.2. The van der Waals surface area contributed by atoms with Crippen molar-refractivity contribution in [2.24, 2.45) is 0 Å². The Morgan fingerprint density at radius 2 is 1.87 bits per heavy atom. The van der Waals surface area contributed by atoms with Gasteiger partial charge in [0.1, 0.15) is 11.5 Å². The van der Waals surface area contributed by atoms with E-state index in [2.05, 4.69) is 11.4 Å². The second-order valence-electron chi connectivity index (χ2n) is 5.28. The third-order valence-corrected chi connectivity index (χ3v) is 3.54. The first-order valence-corrected chi connectivity index (χ1v) is 7.78. The van der Waals surface area contributed by atoms with Crippen molar-refractivity contribution in [1.29, 1.82) is 0 Å². The molecule has 2 aromatic rings. The molecule has 0 aliphatic heterocycles. The largest absolute Gasteiger partial charge is 0.496 e. The molecule has 4 heteroatoms. The molecule has 0 fully saturated rings. The smallest absolute Gasteiger partial charge is 0.251 e. The molecule has 2 rings (SSSR count). The highest BCUT2D eigenvalue weighted by Gasteiger charge is 2.07. The standard InChI is InChI=1S/C19H23NO3/c1-4-23-17-8-6-15(7-9-17)19(21)20-12-11-16-13-14(2)5-10-18(16)22-3/h5-10,13H,4,11-12H2,1-3H3,(H,20,21). The molecule has 23 heavy (non-hydrogen) atoms. The van der Waals surface area contributed by atoms with Crippen molar-refractivity contribution in [1.82, 2.24) is 5.32 Å². The van der Waals surface area contributed by atoms with E-state index in [-0.39, 0.29) is 5.91 Å². The Morgan fingerprint density at radius 1 is 1.13 bits per heavy atom. The maximum Gasteiger partial charge on any atom is 0.251 e. The van der Waals surface area contributed by atoms with E-state index >= 15 is 0 Å². The van der Waals surface area contributed by atoms with E-state index in [4.69, 9.17) is 9.47 Å². The Hall–Kier alpha value is -2.49. The number of methoxy groups -OCH3 is 1. The Morgan fingerprint density at radius 3 is 2.52 bits per heavy atom. The predicted molar refractivity (Wildman–Crippen MR) is 91.4 cm³/mol. The first kappa shape index (κ1) is 16.9. The average molecular weight is 313 g/mol. The van der Waals surface area contributed by atoms with Crippen molar-refractivity contribution in [2.75, 3.05) is 20.3 Å². The molecule has 0 aliphatic carbocycles. The van der Waals surface area contributed by atoms with Crippen LogP contribution in [0, 0.1) is 6.92 Å². The van der Waals surface area contributed by atoms with Crippen LogP contribution in [0.15, 0.2) is 42.5 Å². The lowest BCUT2D eigenvalue weighted by Crippen LogP contribution is -2.25. The first-order valence-electron chi connectivity index (χ1n) is 7.78. The van der Waals surface area contributed by atoms with Gasteiger partial charge < -0.3 is 14.8 Å². The molecular formula is C19H23NO3. The van der Waals surface area contributed by atoms with Gasteiger partial charge in [-0.05, 0) is 56.2 Å². The van der Waals surface area contributed by atoms with Crippen molar-refractivity contribution in [3.8, 4) is 11.5 Å². The molecule has 0 aromatic heterocycles. The monoisotopic (exact) mass is 313 g/mol. The van der Waals surface area contributed by atoms with Gasteiger partial charge in [0.2, 0.25) is 0 Å². The number of ether oxygens (including phenoxy) is 2. The van der Waals surface area contributed by atoms with E-state index in [9.17, 15) is 4.79 Å². The number of amides is 1.